The van der Waals surface area contributed by atoms with Gasteiger partial charge in [-0.25, -0.2) is 4.79 Å². The molecule has 0 N–H and O–H groups in total. The van der Waals surface area contributed by atoms with Crippen LogP contribution in [0.2, 0.25) is 10.0 Å². The quantitative estimate of drug-likeness (QED) is 0.241. The first-order valence-electron chi connectivity index (χ1n) is 10.3. The lowest BCUT2D eigenvalue weighted by atomic mass is 10.0. The third-order valence-corrected chi connectivity index (χ3v) is 6.28. The number of hydrogen-bond acceptors (Lipinski definition) is 6. The number of carbonyl (C=O) groups excluding carboxylic acids is 1. The van der Waals surface area contributed by atoms with Gasteiger partial charge in [-0.2, -0.15) is 0 Å². The van der Waals surface area contributed by atoms with Gasteiger partial charge in [0.25, 0.3) is 0 Å². The lowest BCUT2D eigenvalue weighted by molar-refractivity contribution is 0.0515. The van der Waals surface area contributed by atoms with Crippen LogP contribution >= 0.6 is 23.2 Å². The van der Waals surface area contributed by atoms with Crippen molar-refractivity contribution in [1.29, 1.82) is 0 Å². The lowest BCUT2D eigenvalue weighted by Crippen LogP contribution is -2.10. The molecule has 2 atom stereocenters. The van der Waals surface area contributed by atoms with E-state index in [0.717, 1.165) is 34.8 Å². The third-order valence-electron chi connectivity index (χ3n) is 5.73. The van der Waals surface area contributed by atoms with E-state index in [1.165, 1.54) is 12.1 Å². The summed E-state index contributed by atoms with van der Waals surface area (Å²) in [5.41, 5.74) is 2.84. The Bertz CT molecular complexity index is 1240. The van der Waals surface area contributed by atoms with E-state index in [-0.39, 0.29) is 29.2 Å². The van der Waals surface area contributed by atoms with Crippen molar-refractivity contribution in [3.05, 3.63) is 87.4 Å². The summed E-state index contributed by atoms with van der Waals surface area (Å²) in [5, 5.41) is 4.92. The first-order chi connectivity index (χ1) is 16.0. The summed E-state index contributed by atoms with van der Waals surface area (Å²) in [5.74, 6) is 1.86. The van der Waals surface area contributed by atoms with Crippen LogP contribution in [0.25, 0.3) is 0 Å². The second-order valence-corrected chi connectivity index (χ2v) is 8.61. The number of hydrogen-bond donors (Lipinski definition) is 0. The fraction of sp³-hybridized carbons (Fsp3) is 0.200. The van der Waals surface area contributed by atoms with E-state index in [0.29, 0.717) is 10.7 Å². The third kappa shape index (κ3) is 4.49. The second-order valence-electron chi connectivity index (χ2n) is 7.77. The Morgan fingerprint density at radius 3 is 2.55 bits per heavy atom. The van der Waals surface area contributed by atoms with Crippen LogP contribution in [0.1, 0.15) is 33.8 Å². The molecular weight excluding hydrogens is 465 g/mol. The maximum Gasteiger partial charge on any atom is 0.367 e. The Kier molecular flexibility index (Phi) is 5.87. The monoisotopic (exact) mass is 483 g/mol. The van der Waals surface area contributed by atoms with E-state index >= 15 is 0 Å². The normalized spacial score (nSPS) is 18.7. The van der Waals surface area contributed by atoms with Crippen molar-refractivity contribution in [1.82, 2.24) is 0 Å². The molecule has 0 spiro atoms. The van der Waals surface area contributed by atoms with Crippen molar-refractivity contribution in [2.45, 2.75) is 12.3 Å². The Morgan fingerprint density at radius 2 is 1.79 bits per heavy atom. The molecule has 6 nitrogen and oxygen atoms in total. The molecule has 0 aromatic heterocycles. The van der Waals surface area contributed by atoms with Crippen molar-refractivity contribution in [3.63, 3.8) is 0 Å². The van der Waals surface area contributed by atoms with Crippen LogP contribution in [0.5, 0.6) is 17.2 Å². The summed E-state index contributed by atoms with van der Waals surface area (Å²) in [6.07, 6.45) is 0.865. The molecule has 3 aromatic carbocycles. The van der Waals surface area contributed by atoms with Crippen LogP contribution in [0, 0.1) is 5.92 Å². The van der Waals surface area contributed by atoms with Crippen molar-refractivity contribution in [2.24, 2.45) is 11.1 Å². The summed E-state index contributed by atoms with van der Waals surface area (Å²) in [6, 6.07) is 18.0. The van der Waals surface area contributed by atoms with Crippen LogP contribution in [-0.2, 0) is 4.84 Å². The number of nitrogens with zero attached hydrogens (tertiary/aromatic N) is 1. The maximum atomic E-state index is 12.6. The van der Waals surface area contributed by atoms with Gasteiger partial charge in [0.1, 0.15) is 5.75 Å². The molecule has 1 fully saturated rings. The van der Waals surface area contributed by atoms with Gasteiger partial charge in [0.15, 0.2) is 11.5 Å². The molecule has 1 heterocycles. The first kappa shape index (κ1) is 21.6. The molecule has 2 aliphatic rings. The molecule has 33 heavy (non-hydrogen) atoms. The molecule has 0 saturated heterocycles. The highest BCUT2D eigenvalue weighted by Gasteiger charge is 2.43. The van der Waals surface area contributed by atoms with E-state index in [1.807, 2.05) is 42.5 Å². The summed E-state index contributed by atoms with van der Waals surface area (Å²) in [7, 11) is 1.61. The smallest absolute Gasteiger partial charge is 0.367 e. The van der Waals surface area contributed by atoms with Crippen LogP contribution in [0.3, 0.4) is 0 Å². The molecule has 1 saturated carbocycles. The van der Waals surface area contributed by atoms with Crippen LogP contribution in [-0.4, -0.2) is 25.6 Å². The largest absolute Gasteiger partial charge is 0.497 e. The average Bonchev–Trinajstić information content (AvgIpc) is 3.46. The number of rotatable bonds is 6. The van der Waals surface area contributed by atoms with Gasteiger partial charge in [-0.05, 0) is 78.1 Å². The topological polar surface area (TPSA) is 66.4 Å². The van der Waals surface area contributed by atoms with E-state index in [2.05, 4.69) is 5.16 Å². The Balaban J connectivity index is 1.41. The molecule has 0 radical (unpaired) electrons. The zero-order chi connectivity index (χ0) is 22.9. The Hall–Kier alpha value is -3.22. The Labute approximate surface area is 200 Å². The fourth-order valence-electron chi connectivity index (χ4n) is 3.90. The van der Waals surface area contributed by atoms with Gasteiger partial charge in [0, 0.05) is 10.9 Å². The minimum Gasteiger partial charge on any atom is -0.497 e. The molecule has 0 unspecified atom stereocenters. The average molecular weight is 484 g/mol. The predicted molar refractivity (Wildman–Crippen MR) is 125 cm³/mol. The maximum absolute atomic E-state index is 12.6. The van der Waals surface area contributed by atoms with Gasteiger partial charge in [-0.15, -0.1) is 0 Å². The van der Waals surface area contributed by atoms with Crippen LogP contribution < -0.4 is 14.2 Å². The number of halogens is 2. The molecule has 5 rings (SSSR count). The highest BCUT2D eigenvalue weighted by molar-refractivity contribution is 6.36. The molecular formula is C25H19Cl2NO5. The van der Waals surface area contributed by atoms with Gasteiger partial charge in [0.2, 0.25) is 6.79 Å². The minimum absolute atomic E-state index is 0.0762. The van der Waals surface area contributed by atoms with E-state index in [4.69, 9.17) is 42.3 Å². The Morgan fingerprint density at radius 1 is 1.00 bits per heavy atom. The van der Waals surface area contributed by atoms with Gasteiger partial charge >= 0.3 is 5.97 Å². The van der Waals surface area contributed by atoms with Gasteiger partial charge in [-0.3, -0.25) is 0 Å². The number of carbonyl (C=O) groups is 1. The molecule has 0 amide bonds. The molecule has 1 aliphatic heterocycles. The summed E-state index contributed by atoms with van der Waals surface area (Å²) >= 11 is 12.1. The molecule has 8 heteroatoms. The van der Waals surface area contributed by atoms with Crippen LogP contribution in [0.15, 0.2) is 65.8 Å². The molecule has 168 valence electrons. The highest BCUT2D eigenvalue weighted by Crippen LogP contribution is 2.51. The van der Waals surface area contributed by atoms with Gasteiger partial charge < -0.3 is 19.0 Å². The number of methoxy groups -OCH3 is 1. The van der Waals surface area contributed by atoms with Gasteiger partial charge in [0.05, 0.1) is 23.4 Å². The zero-order valence-corrected chi connectivity index (χ0v) is 19.1. The van der Waals surface area contributed by atoms with Crippen molar-refractivity contribution < 1.29 is 23.8 Å². The van der Waals surface area contributed by atoms with Crippen LogP contribution in [0.4, 0.5) is 0 Å². The lowest BCUT2D eigenvalue weighted by Gasteiger charge is -2.09. The number of fused-ring (bicyclic) bond motifs is 1. The number of benzene rings is 3. The van der Waals surface area contributed by atoms with Crippen molar-refractivity contribution in [2.75, 3.05) is 13.9 Å². The SMILES string of the molecule is COc1ccc(/C(=N/OC(=O)c2ccc(Cl)cc2Cl)[C@@H]2C[C@@H]2c2ccc3c(c2)OCO3)cc1. The molecule has 0 bridgehead atoms. The summed E-state index contributed by atoms with van der Waals surface area (Å²) in [6.45, 7) is 0.231. The van der Waals surface area contributed by atoms with E-state index in [9.17, 15) is 4.79 Å². The summed E-state index contributed by atoms with van der Waals surface area (Å²) in [4.78, 5) is 18.0. The molecule has 3 aromatic rings. The zero-order valence-electron chi connectivity index (χ0n) is 17.6. The number of ether oxygens (including phenoxy) is 3. The first-order valence-corrected chi connectivity index (χ1v) is 11.1. The van der Waals surface area contributed by atoms with E-state index in [1.54, 1.807) is 13.2 Å². The highest BCUT2D eigenvalue weighted by atomic mass is 35.5. The minimum atomic E-state index is -0.650. The number of oxime groups is 1. The predicted octanol–water partition coefficient (Wildman–Crippen LogP) is 6.10. The standard InChI is InChI=1S/C25H19Cl2NO5/c1-30-17-6-2-14(3-7-17)24(28-33-25(29)18-8-5-16(26)11-21(18)27)20-12-19(20)15-4-9-22-23(10-15)32-13-31-22/h2-11,19-20H,12-13H2,1H3/b28-24-/t19-,20-/m1/s1. The molecule has 1 aliphatic carbocycles. The van der Waals surface area contributed by atoms with E-state index < -0.39 is 5.97 Å². The fourth-order valence-corrected chi connectivity index (χ4v) is 4.39. The van der Waals surface area contributed by atoms with Gasteiger partial charge in [-0.1, -0.05) is 34.4 Å². The summed E-state index contributed by atoms with van der Waals surface area (Å²) < 4.78 is 16.2. The van der Waals surface area contributed by atoms with Crippen molar-refractivity contribution >= 4 is 34.9 Å². The van der Waals surface area contributed by atoms with Crippen molar-refractivity contribution in [3.8, 4) is 17.2 Å². The second kappa shape index (κ2) is 8.96.